The van der Waals surface area contributed by atoms with Crippen LogP contribution in [0.2, 0.25) is 0 Å². The molecule has 1 N–H and O–H groups in total. The van der Waals surface area contributed by atoms with Crippen molar-refractivity contribution < 1.29 is 0 Å². The second-order valence-corrected chi connectivity index (χ2v) is 4.97. The van der Waals surface area contributed by atoms with Crippen LogP contribution in [0.1, 0.15) is 25.2 Å². The Labute approximate surface area is 106 Å². The standard InChI is InChI=1S/C15H15N3/c1-15(2,11-6-4-3-5-7-11)14-17-12-8-9-16-10-13(12)18-14/h3-10H,1-2H3,(H,17,18). The van der Waals surface area contributed by atoms with Gasteiger partial charge in [-0.1, -0.05) is 30.3 Å². The zero-order chi connectivity index (χ0) is 12.6. The summed E-state index contributed by atoms with van der Waals surface area (Å²) in [5, 5.41) is 0. The molecular formula is C15H15N3. The Hall–Kier alpha value is -2.16. The highest BCUT2D eigenvalue weighted by atomic mass is 14.9. The van der Waals surface area contributed by atoms with Crippen LogP contribution in [0.25, 0.3) is 11.0 Å². The van der Waals surface area contributed by atoms with Crippen molar-refractivity contribution in [2.24, 2.45) is 0 Å². The quantitative estimate of drug-likeness (QED) is 0.743. The van der Waals surface area contributed by atoms with Crippen LogP contribution < -0.4 is 0 Å². The van der Waals surface area contributed by atoms with Crippen molar-refractivity contribution in [3.8, 4) is 0 Å². The molecule has 3 heteroatoms. The van der Waals surface area contributed by atoms with E-state index in [0.29, 0.717) is 0 Å². The highest BCUT2D eigenvalue weighted by molar-refractivity contribution is 5.73. The Kier molecular flexibility index (Phi) is 2.40. The number of benzene rings is 1. The summed E-state index contributed by atoms with van der Waals surface area (Å²) in [6.07, 6.45) is 3.58. The van der Waals surface area contributed by atoms with Gasteiger partial charge in [-0.05, 0) is 25.5 Å². The van der Waals surface area contributed by atoms with E-state index in [-0.39, 0.29) is 5.41 Å². The molecule has 3 nitrogen and oxygen atoms in total. The van der Waals surface area contributed by atoms with E-state index in [2.05, 4.69) is 53.1 Å². The molecule has 0 bridgehead atoms. The van der Waals surface area contributed by atoms with Crippen LogP contribution in [0.4, 0.5) is 0 Å². The fourth-order valence-corrected chi connectivity index (χ4v) is 2.14. The maximum Gasteiger partial charge on any atom is 0.117 e. The minimum atomic E-state index is -0.139. The number of aromatic nitrogens is 3. The van der Waals surface area contributed by atoms with E-state index in [4.69, 9.17) is 0 Å². The van der Waals surface area contributed by atoms with Crippen molar-refractivity contribution in [1.29, 1.82) is 0 Å². The fraction of sp³-hybridized carbons (Fsp3) is 0.200. The topological polar surface area (TPSA) is 41.6 Å². The lowest BCUT2D eigenvalue weighted by atomic mass is 9.84. The average molecular weight is 237 g/mol. The summed E-state index contributed by atoms with van der Waals surface area (Å²) >= 11 is 0. The minimum Gasteiger partial charge on any atom is -0.340 e. The number of hydrogen-bond acceptors (Lipinski definition) is 2. The van der Waals surface area contributed by atoms with Gasteiger partial charge in [-0.2, -0.15) is 0 Å². The average Bonchev–Trinajstić information content (AvgIpc) is 2.84. The summed E-state index contributed by atoms with van der Waals surface area (Å²) < 4.78 is 0. The Morgan fingerprint density at radius 2 is 1.83 bits per heavy atom. The van der Waals surface area contributed by atoms with Gasteiger partial charge in [0.25, 0.3) is 0 Å². The molecule has 0 fully saturated rings. The second kappa shape index (κ2) is 3.95. The van der Waals surface area contributed by atoms with Crippen LogP contribution >= 0.6 is 0 Å². The fourth-order valence-electron chi connectivity index (χ4n) is 2.14. The van der Waals surface area contributed by atoms with Crippen LogP contribution in [-0.4, -0.2) is 15.0 Å². The summed E-state index contributed by atoms with van der Waals surface area (Å²) in [6, 6.07) is 12.3. The predicted octanol–water partition coefficient (Wildman–Crippen LogP) is 3.28. The van der Waals surface area contributed by atoms with Gasteiger partial charge >= 0.3 is 0 Å². The molecule has 0 saturated carbocycles. The van der Waals surface area contributed by atoms with E-state index in [1.807, 2.05) is 18.3 Å². The highest BCUT2D eigenvalue weighted by Gasteiger charge is 2.26. The molecule has 0 unspecified atom stereocenters. The first-order valence-corrected chi connectivity index (χ1v) is 6.03. The molecule has 18 heavy (non-hydrogen) atoms. The van der Waals surface area contributed by atoms with Crippen molar-refractivity contribution in [3.05, 3.63) is 60.2 Å². The first kappa shape index (κ1) is 11.0. The Bertz CT molecular complexity index is 635. The zero-order valence-electron chi connectivity index (χ0n) is 10.5. The van der Waals surface area contributed by atoms with E-state index in [9.17, 15) is 0 Å². The Balaban J connectivity index is 2.13. The smallest absolute Gasteiger partial charge is 0.117 e. The van der Waals surface area contributed by atoms with Gasteiger partial charge in [0, 0.05) is 11.6 Å². The molecule has 2 aromatic heterocycles. The van der Waals surface area contributed by atoms with Gasteiger partial charge in [-0.15, -0.1) is 0 Å². The lowest BCUT2D eigenvalue weighted by Gasteiger charge is -2.22. The summed E-state index contributed by atoms with van der Waals surface area (Å²) in [5.41, 5.74) is 3.05. The number of pyridine rings is 1. The molecule has 0 atom stereocenters. The van der Waals surface area contributed by atoms with Crippen molar-refractivity contribution in [1.82, 2.24) is 15.0 Å². The minimum absolute atomic E-state index is 0.139. The molecule has 0 saturated heterocycles. The van der Waals surface area contributed by atoms with Gasteiger partial charge in [0.2, 0.25) is 0 Å². The number of aromatic amines is 1. The molecular weight excluding hydrogens is 222 g/mol. The van der Waals surface area contributed by atoms with Crippen molar-refractivity contribution in [2.75, 3.05) is 0 Å². The number of rotatable bonds is 2. The van der Waals surface area contributed by atoms with E-state index >= 15 is 0 Å². The molecule has 0 aliphatic rings. The first-order valence-electron chi connectivity index (χ1n) is 6.03. The summed E-state index contributed by atoms with van der Waals surface area (Å²) in [6.45, 7) is 4.35. The molecule has 1 aromatic carbocycles. The number of imidazole rings is 1. The molecule has 0 amide bonds. The number of fused-ring (bicyclic) bond motifs is 1. The normalized spacial score (nSPS) is 11.9. The highest BCUT2D eigenvalue weighted by Crippen LogP contribution is 2.30. The van der Waals surface area contributed by atoms with Crippen LogP contribution in [0.5, 0.6) is 0 Å². The third kappa shape index (κ3) is 1.68. The molecule has 3 rings (SSSR count). The molecule has 0 radical (unpaired) electrons. The molecule has 0 aliphatic carbocycles. The van der Waals surface area contributed by atoms with Gasteiger partial charge in [-0.25, -0.2) is 4.98 Å². The molecule has 0 spiro atoms. The van der Waals surface area contributed by atoms with E-state index in [1.54, 1.807) is 6.20 Å². The maximum absolute atomic E-state index is 4.67. The maximum atomic E-state index is 4.67. The van der Waals surface area contributed by atoms with Gasteiger partial charge in [0.1, 0.15) is 5.82 Å². The van der Waals surface area contributed by atoms with Crippen LogP contribution in [0.15, 0.2) is 48.8 Å². The van der Waals surface area contributed by atoms with Crippen LogP contribution in [0.3, 0.4) is 0 Å². The predicted molar refractivity (Wildman–Crippen MR) is 72.5 cm³/mol. The van der Waals surface area contributed by atoms with Crippen molar-refractivity contribution >= 4 is 11.0 Å². The summed E-state index contributed by atoms with van der Waals surface area (Å²) in [5.74, 6) is 0.969. The SMILES string of the molecule is CC(C)(c1ccccc1)c1nc2ccncc2[nH]1. The monoisotopic (exact) mass is 237 g/mol. The largest absolute Gasteiger partial charge is 0.340 e. The molecule has 0 aliphatic heterocycles. The van der Waals surface area contributed by atoms with Gasteiger partial charge in [-0.3, -0.25) is 4.98 Å². The van der Waals surface area contributed by atoms with Gasteiger partial charge in [0.05, 0.1) is 17.2 Å². The number of hydrogen-bond donors (Lipinski definition) is 1. The van der Waals surface area contributed by atoms with Crippen molar-refractivity contribution in [3.63, 3.8) is 0 Å². The van der Waals surface area contributed by atoms with E-state index in [1.165, 1.54) is 5.56 Å². The zero-order valence-corrected chi connectivity index (χ0v) is 10.5. The summed E-state index contributed by atoms with van der Waals surface area (Å²) in [4.78, 5) is 12.1. The lowest BCUT2D eigenvalue weighted by molar-refractivity contribution is 0.601. The first-order chi connectivity index (χ1) is 8.68. The third-order valence-corrected chi connectivity index (χ3v) is 3.37. The Morgan fingerprint density at radius 3 is 2.56 bits per heavy atom. The van der Waals surface area contributed by atoms with Gasteiger partial charge in [0.15, 0.2) is 0 Å². The Morgan fingerprint density at radius 1 is 1.06 bits per heavy atom. The van der Waals surface area contributed by atoms with E-state index < -0.39 is 0 Å². The molecule has 90 valence electrons. The summed E-state index contributed by atoms with van der Waals surface area (Å²) in [7, 11) is 0. The van der Waals surface area contributed by atoms with Crippen LogP contribution in [0, 0.1) is 0 Å². The number of H-pyrrole nitrogens is 1. The number of nitrogens with one attached hydrogen (secondary N) is 1. The van der Waals surface area contributed by atoms with Gasteiger partial charge < -0.3 is 4.98 Å². The van der Waals surface area contributed by atoms with Crippen molar-refractivity contribution in [2.45, 2.75) is 19.3 Å². The molecule has 2 heterocycles. The second-order valence-electron chi connectivity index (χ2n) is 4.97. The third-order valence-electron chi connectivity index (χ3n) is 3.37. The van der Waals surface area contributed by atoms with Crippen LogP contribution in [-0.2, 0) is 5.41 Å². The lowest BCUT2D eigenvalue weighted by Crippen LogP contribution is -2.20. The number of nitrogens with zero attached hydrogens (tertiary/aromatic N) is 2. The van der Waals surface area contributed by atoms with E-state index in [0.717, 1.165) is 16.9 Å². The molecule has 3 aromatic rings.